The van der Waals surface area contributed by atoms with Gasteiger partial charge in [0.1, 0.15) is 23.0 Å². The summed E-state index contributed by atoms with van der Waals surface area (Å²) >= 11 is 0. The first-order valence-corrected chi connectivity index (χ1v) is 19.6. The highest BCUT2D eigenvalue weighted by atomic mass is 16.5. The van der Waals surface area contributed by atoms with Crippen LogP contribution in [0.4, 0.5) is 17.1 Å². The maximum absolute atomic E-state index is 7.42. The van der Waals surface area contributed by atoms with E-state index in [9.17, 15) is 0 Å². The molecule has 0 radical (unpaired) electrons. The standard InChI is InChI=1S/C49H29B2N3O3/c1-28-46-34(27-35-49(28)55-41-24-12-23-40-45(41)51(35)57-43-26-10-18-33-31-16-6-8-20-37(31)54(40)48(33)43)50-44-38(52(46)29-13-3-2-4-14-29)21-11-22-39(44)53-36-19-7-5-15-30(36)32-17-9-25-42(56-50)47(32)53/h2-27H,1H3. The molecule has 0 unspecified atom stereocenters. The number of hydrogen-bond donors (Lipinski definition) is 0. The van der Waals surface area contributed by atoms with Crippen molar-refractivity contribution in [2.24, 2.45) is 0 Å². The van der Waals surface area contributed by atoms with Gasteiger partial charge < -0.3 is 28.1 Å². The Labute approximate surface area is 327 Å². The number of benzene rings is 8. The normalized spacial score (nSPS) is 14.0. The molecular formula is C49H29B2N3O3. The third-order valence-electron chi connectivity index (χ3n) is 12.7. The van der Waals surface area contributed by atoms with E-state index < -0.39 is 13.8 Å². The molecule has 57 heavy (non-hydrogen) atoms. The first-order chi connectivity index (χ1) is 28.2. The highest BCUT2D eigenvalue weighted by Gasteiger charge is 2.47. The van der Waals surface area contributed by atoms with Crippen molar-refractivity contribution in [1.82, 2.24) is 9.13 Å². The molecule has 0 atom stereocenters. The van der Waals surface area contributed by atoms with Crippen LogP contribution in [0.15, 0.2) is 158 Å². The van der Waals surface area contributed by atoms with Crippen molar-refractivity contribution in [3.63, 3.8) is 0 Å². The van der Waals surface area contributed by atoms with Crippen LogP contribution in [0, 0.1) is 6.92 Å². The number of ether oxygens (including phenoxy) is 1. The fourth-order valence-electron chi connectivity index (χ4n) is 10.5. The Bertz CT molecular complexity index is 3440. The molecular weight excluding hydrogens is 700 g/mol. The van der Waals surface area contributed by atoms with Gasteiger partial charge in [0.15, 0.2) is 0 Å². The van der Waals surface area contributed by atoms with Crippen LogP contribution in [-0.2, 0) is 0 Å². The van der Waals surface area contributed by atoms with Crippen LogP contribution in [-0.4, -0.2) is 23.0 Å². The summed E-state index contributed by atoms with van der Waals surface area (Å²) in [5.74, 6) is 3.33. The molecule has 6 nitrogen and oxygen atoms in total. The highest BCUT2D eigenvalue weighted by Crippen LogP contribution is 2.47. The maximum Gasteiger partial charge on any atom is 0.436 e. The van der Waals surface area contributed by atoms with E-state index in [1.807, 2.05) is 0 Å². The van der Waals surface area contributed by atoms with E-state index in [1.165, 1.54) is 21.5 Å². The van der Waals surface area contributed by atoms with Gasteiger partial charge in [-0.25, -0.2) is 0 Å². The number of rotatable bonds is 1. The molecule has 4 aliphatic heterocycles. The summed E-state index contributed by atoms with van der Waals surface area (Å²) in [6.07, 6.45) is 0. The van der Waals surface area contributed by atoms with Crippen LogP contribution in [0.25, 0.3) is 55.0 Å². The average molecular weight is 729 g/mol. The number of nitrogens with zero attached hydrogens (tertiary/aromatic N) is 3. The van der Waals surface area contributed by atoms with Gasteiger partial charge in [0.2, 0.25) is 0 Å². The Kier molecular flexibility index (Phi) is 5.52. The zero-order valence-electron chi connectivity index (χ0n) is 30.7. The highest BCUT2D eigenvalue weighted by molar-refractivity contribution is 6.87. The molecule has 0 aliphatic carbocycles. The topological polar surface area (TPSA) is 40.8 Å². The third kappa shape index (κ3) is 3.64. The molecule has 4 aliphatic rings. The predicted molar refractivity (Wildman–Crippen MR) is 232 cm³/mol. The van der Waals surface area contributed by atoms with E-state index in [1.54, 1.807) is 0 Å². The number of hydrogen-bond acceptors (Lipinski definition) is 4. The van der Waals surface area contributed by atoms with E-state index in [0.29, 0.717) is 0 Å². The lowest BCUT2D eigenvalue weighted by atomic mass is 9.47. The Balaban J connectivity index is 1.07. The molecule has 0 bridgehead atoms. The van der Waals surface area contributed by atoms with Crippen molar-refractivity contribution in [3.05, 3.63) is 163 Å². The third-order valence-corrected chi connectivity index (χ3v) is 12.7. The molecule has 0 saturated carbocycles. The number of fused-ring (bicyclic) bond motifs is 12. The maximum atomic E-state index is 7.42. The molecule has 14 rings (SSSR count). The fourth-order valence-corrected chi connectivity index (χ4v) is 10.5. The van der Waals surface area contributed by atoms with Crippen molar-refractivity contribution in [3.8, 4) is 34.4 Å². The van der Waals surface area contributed by atoms with Gasteiger partial charge in [-0.15, -0.1) is 0 Å². The monoisotopic (exact) mass is 729 g/mol. The molecule has 6 heterocycles. The minimum atomic E-state index is -0.429. The summed E-state index contributed by atoms with van der Waals surface area (Å²) in [5.41, 5.74) is 15.1. The molecule has 0 amide bonds. The molecule has 8 aromatic carbocycles. The molecule has 0 fully saturated rings. The Hall–Kier alpha value is -7.31. The second kappa shape index (κ2) is 10.5. The lowest BCUT2D eigenvalue weighted by Crippen LogP contribution is -2.58. The molecule has 0 saturated heterocycles. The average Bonchev–Trinajstić information content (AvgIpc) is 3.66. The summed E-state index contributed by atoms with van der Waals surface area (Å²) in [6.45, 7) is 1.35. The first-order valence-electron chi connectivity index (χ1n) is 19.6. The van der Waals surface area contributed by atoms with Crippen molar-refractivity contribution < 1.29 is 14.0 Å². The molecule has 2 aromatic heterocycles. The van der Waals surface area contributed by atoms with Gasteiger partial charge in [-0.2, -0.15) is 0 Å². The smallest absolute Gasteiger partial charge is 0.436 e. The van der Waals surface area contributed by atoms with Crippen molar-refractivity contribution in [1.29, 1.82) is 0 Å². The van der Waals surface area contributed by atoms with E-state index in [0.717, 1.165) is 101 Å². The van der Waals surface area contributed by atoms with Crippen molar-refractivity contribution in [2.45, 2.75) is 6.92 Å². The van der Waals surface area contributed by atoms with Gasteiger partial charge in [0, 0.05) is 66.2 Å². The van der Waals surface area contributed by atoms with Gasteiger partial charge in [-0.05, 0) is 73.1 Å². The largest absolute Gasteiger partial charge is 0.550 e. The van der Waals surface area contributed by atoms with E-state index in [2.05, 4.69) is 179 Å². The summed E-state index contributed by atoms with van der Waals surface area (Å²) in [4.78, 5) is 2.41. The van der Waals surface area contributed by atoms with Gasteiger partial charge in [-0.3, -0.25) is 0 Å². The zero-order valence-corrected chi connectivity index (χ0v) is 30.7. The van der Waals surface area contributed by atoms with E-state index in [-0.39, 0.29) is 0 Å². The molecule has 0 N–H and O–H groups in total. The molecule has 10 aromatic rings. The van der Waals surface area contributed by atoms with Crippen LogP contribution < -0.4 is 40.8 Å². The molecule has 8 heteroatoms. The SMILES string of the molecule is Cc1c2c(cc3c1N(c1ccccc1)c1cccc4c1B3Oc1cccc3c5ccccc5n-4c13)B1Oc3cccc4c5ccccc5n(c34)-c3cccc(c31)O2. The Morgan fingerprint density at radius 3 is 1.67 bits per heavy atom. The van der Waals surface area contributed by atoms with Crippen LogP contribution in [0.3, 0.4) is 0 Å². The lowest BCUT2D eigenvalue weighted by Gasteiger charge is -2.39. The quantitative estimate of drug-likeness (QED) is 0.158. The van der Waals surface area contributed by atoms with Crippen LogP contribution in [0.5, 0.6) is 23.0 Å². The number of aromatic nitrogens is 2. The van der Waals surface area contributed by atoms with Gasteiger partial charge in [0.05, 0.1) is 27.8 Å². The van der Waals surface area contributed by atoms with Crippen molar-refractivity contribution in [2.75, 3.05) is 4.90 Å². The second-order valence-corrected chi connectivity index (χ2v) is 15.5. The number of para-hydroxylation sites is 5. The second-order valence-electron chi connectivity index (χ2n) is 15.5. The summed E-state index contributed by atoms with van der Waals surface area (Å²) in [6, 6.07) is 56.2. The lowest BCUT2D eigenvalue weighted by molar-refractivity contribution is 0.478. The predicted octanol–water partition coefficient (Wildman–Crippen LogP) is 9.07. The summed E-state index contributed by atoms with van der Waals surface area (Å²) in [7, 11) is 0. The fraction of sp³-hybridized carbons (Fsp3) is 0.0204. The Morgan fingerprint density at radius 2 is 0.982 bits per heavy atom. The minimum Gasteiger partial charge on any atom is -0.550 e. The summed E-state index contributed by atoms with van der Waals surface area (Å²) in [5, 5.41) is 4.75. The summed E-state index contributed by atoms with van der Waals surface area (Å²) < 4.78 is 26.7. The Morgan fingerprint density at radius 1 is 0.456 bits per heavy atom. The van der Waals surface area contributed by atoms with Crippen LogP contribution in [0.2, 0.25) is 0 Å². The minimum absolute atomic E-state index is 0.414. The van der Waals surface area contributed by atoms with Gasteiger partial charge in [0.25, 0.3) is 0 Å². The van der Waals surface area contributed by atoms with Crippen LogP contribution in [0.1, 0.15) is 5.56 Å². The van der Waals surface area contributed by atoms with Gasteiger partial charge in [-0.1, -0.05) is 97.1 Å². The number of anilines is 3. The van der Waals surface area contributed by atoms with E-state index >= 15 is 0 Å². The van der Waals surface area contributed by atoms with Gasteiger partial charge >= 0.3 is 13.8 Å². The zero-order chi connectivity index (χ0) is 37.1. The first kappa shape index (κ1) is 30.0. The van der Waals surface area contributed by atoms with Crippen molar-refractivity contribution >= 4 is 96.4 Å². The van der Waals surface area contributed by atoms with E-state index in [4.69, 9.17) is 14.0 Å². The van der Waals surface area contributed by atoms with Crippen LogP contribution >= 0.6 is 0 Å². The molecule has 264 valence electrons. The molecule has 0 spiro atoms.